The van der Waals surface area contributed by atoms with Gasteiger partial charge in [-0.25, -0.2) is 0 Å². The van der Waals surface area contributed by atoms with E-state index < -0.39 is 0 Å². The molecule has 1 aromatic carbocycles. The molecular formula is C22H25N3OS. The zero-order valence-corrected chi connectivity index (χ0v) is 16.5. The van der Waals surface area contributed by atoms with Gasteiger partial charge in [-0.15, -0.1) is 11.3 Å². The molecule has 1 aliphatic carbocycles. The number of amides is 1. The highest BCUT2D eigenvalue weighted by molar-refractivity contribution is 7.16. The van der Waals surface area contributed by atoms with Crippen LogP contribution in [-0.2, 0) is 17.6 Å². The van der Waals surface area contributed by atoms with Crippen LogP contribution in [0.3, 0.4) is 0 Å². The Morgan fingerprint density at radius 1 is 1.33 bits per heavy atom. The van der Waals surface area contributed by atoms with Gasteiger partial charge < -0.3 is 5.32 Å². The molecular weight excluding hydrogens is 354 g/mol. The quantitative estimate of drug-likeness (QED) is 0.850. The van der Waals surface area contributed by atoms with Crippen molar-refractivity contribution in [2.24, 2.45) is 5.92 Å². The lowest BCUT2D eigenvalue weighted by atomic mass is 9.89. The Bertz CT molecular complexity index is 868. The van der Waals surface area contributed by atoms with Crippen LogP contribution in [0.25, 0.3) is 0 Å². The van der Waals surface area contributed by atoms with E-state index in [9.17, 15) is 10.1 Å². The maximum absolute atomic E-state index is 12.7. The second-order valence-electron chi connectivity index (χ2n) is 7.76. The fourth-order valence-electron chi connectivity index (χ4n) is 4.38. The van der Waals surface area contributed by atoms with E-state index in [-0.39, 0.29) is 5.91 Å². The van der Waals surface area contributed by atoms with Crippen molar-refractivity contribution >= 4 is 22.2 Å². The zero-order valence-electron chi connectivity index (χ0n) is 15.7. The number of benzene rings is 1. The van der Waals surface area contributed by atoms with Crippen LogP contribution in [0.1, 0.15) is 53.8 Å². The molecule has 1 aliphatic heterocycles. The molecule has 2 atom stereocenters. The molecule has 5 heteroatoms. The number of thiophene rings is 1. The van der Waals surface area contributed by atoms with Gasteiger partial charge in [-0.2, -0.15) is 5.26 Å². The van der Waals surface area contributed by atoms with Gasteiger partial charge in [-0.3, -0.25) is 9.69 Å². The maximum atomic E-state index is 12.7. The highest BCUT2D eigenvalue weighted by Gasteiger charge is 2.29. The van der Waals surface area contributed by atoms with Gasteiger partial charge in [0.05, 0.1) is 12.1 Å². The minimum atomic E-state index is -0.0130. The molecule has 0 bridgehead atoms. The molecule has 0 spiro atoms. The van der Waals surface area contributed by atoms with Crippen LogP contribution < -0.4 is 5.32 Å². The Morgan fingerprint density at radius 3 is 2.93 bits per heavy atom. The first-order chi connectivity index (χ1) is 13.2. The average molecular weight is 380 g/mol. The second kappa shape index (κ2) is 7.84. The Labute approximate surface area is 164 Å². The largest absolute Gasteiger partial charge is 0.315 e. The molecule has 4 rings (SSSR count). The van der Waals surface area contributed by atoms with Crippen molar-refractivity contribution < 1.29 is 4.79 Å². The third-order valence-corrected chi connectivity index (χ3v) is 6.94. The van der Waals surface area contributed by atoms with Gasteiger partial charge in [-0.1, -0.05) is 37.3 Å². The van der Waals surface area contributed by atoms with Crippen molar-refractivity contribution in [2.75, 3.05) is 18.4 Å². The molecule has 2 unspecified atom stereocenters. The minimum Gasteiger partial charge on any atom is -0.315 e. The first-order valence-corrected chi connectivity index (χ1v) is 10.6. The van der Waals surface area contributed by atoms with Gasteiger partial charge in [0.1, 0.15) is 11.1 Å². The van der Waals surface area contributed by atoms with Gasteiger partial charge in [0.2, 0.25) is 5.91 Å². The molecule has 1 fully saturated rings. The van der Waals surface area contributed by atoms with E-state index in [4.69, 9.17) is 0 Å². The summed E-state index contributed by atoms with van der Waals surface area (Å²) in [6.07, 6.45) is 5.30. The predicted molar refractivity (Wildman–Crippen MR) is 109 cm³/mol. The summed E-state index contributed by atoms with van der Waals surface area (Å²) in [6.45, 7) is 3.57. The molecule has 1 amide bonds. The average Bonchev–Trinajstić information content (AvgIpc) is 3.25. The summed E-state index contributed by atoms with van der Waals surface area (Å²) < 4.78 is 0. The third-order valence-electron chi connectivity index (χ3n) is 5.77. The van der Waals surface area contributed by atoms with Crippen molar-refractivity contribution in [3.8, 4) is 6.07 Å². The summed E-state index contributed by atoms with van der Waals surface area (Å²) in [6, 6.07) is 13.1. The predicted octanol–water partition coefficient (Wildman–Crippen LogP) is 4.52. The van der Waals surface area contributed by atoms with Crippen LogP contribution in [-0.4, -0.2) is 23.9 Å². The standard InChI is InChI=1S/C22H25N3OS/c1-15-9-10-17-18(13-23)22(27-20(17)12-15)24-21(26)14-25-11-5-8-19(25)16-6-3-2-4-7-16/h2-4,6-7,15,19H,5,8-12,14H2,1H3,(H,24,26). The van der Waals surface area contributed by atoms with Gasteiger partial charge >= 0.3 is 0 Å². The maximum Gasteiger partial charge on any atom is 0.239 e. The number of nitriles is 1. The fraction of sp³-hybridized carbons (Fsp3) is 0.455. The number of nitrogens with one attached hydrogen (secondary N) is 1. The summed E-state index contributed by atoms with van der Waals surface area (Å²) in [5, 5.41) is 13.4. The lowest BCUT2D eigenvalue weighted by molar-refractivity contribution is -0.117. The normalized spacial score (nSPS) is 22.2. The number of hydrogen-bond acceptors (Lipinski definition) is 4. The van der Waals surface area contributed by atoms with Gasteiger partial charge in [0, 0.05) is 10.9 Å². The Morgan fingerprint density at radius 2 is 2.15 bits per heavy atom. The molecule has 140 valence electrons. The third kappa shape index (κ3) is 3.78. The van der Waals surface area contributed by atoms with Crippen LogP contribution in [0.5, 0.6) is 0 Å². The Balaban J connectivity index is 1.46. The second-order valence-corrected chi connectivity index (χ2v) is 8.86. The summed E-state index contributed by atoms with van der Waals surface area (Å²) in [7, 11) is 0. The van der Waals surface area contributed by atoms with E-state index in [0.29, 0.717) is 24.1 Å². The van der Waals surface area contributed by atoms with Gasteiger partial charge in [0.15, 0.2) is 0 Å². The van der Waals surface area contributed by atoms with E-state index in [1.54, 1.807) is 11.3 Å². The van der Waals surface area contributed by atoms with E-state index in [2.05, 4.69) is 47.5 Å². The van der Waals surface area contributed by atoms with Crippen LogP contribution in [0, 0.1) is 17.2 Å². The number of carbonyl (C=O) groups is 1. The molecule has 1 saturated heterocycles. The van der Waals surface area contributed by atoms with Crippen molar-refractivity contribution in [1.82, 2.24) is 4.90 Å². The molecule has 0 saturated carbocycles. The number of fused-ring (bicyclic) bond motifs is 1. The SMILES string of the molecule is CC1CCc2c(sc(NC(=O)CN3CCCC3c3ccccc3)c2C#N)C1. The highest BCUT2D eigenvalue weighted by Crippen LogP contribution is 2.39. The molecule has 2 aromatic rings. The number of hydrogen-bond donors (Lipinski definition) is 1. The molecule has 2 heterocycles. The fourth-order valence-corrected chi connectivity index (χ4v) is 5.75. The lowest BCUT2D eigenvalue weighted by Crippen LogP contribution is -2.32. The number of likely N-dealkylation sites (tertiary alicyclic amines) is 1. The van der Waals surface area contributed by atoms with E-state index in [1.165, 1.54) is 16.0 Å². The summed E-state index contributed by atoms with van der Waals surface area (Å²) in [4.78, 5) is 16.3. The van der Waals surface area contributed by atoms with Crippen LogP contribution in [0.2, 0.25) is 0 Å². The summed E-state index contributed by atoms with van der Waals surface area (Å²) in [5.74, 6) is 0.642. The van der Waals surface area contributed by atoms with E-state index in [1.807, 2.05) is 6.07 Å². The summed E-state index contributed by atoms with van der Waals surface area (Å²) in [5.41, 5.74) is 3.14. The minimum absolute atomic E-state index is 0.0130. The van der Waals surface area contributed by atoms with E-state index in [0.717, 1.165) is 43.6 Å². The van der Waals surface area contributed by atoms with E-state index >= 15 is 0 Å². The Kier molecular flexibility index (Phi) is 5.29. The first-order valence-electron chi connectivity index (χ1n) is 9.79. The molecule has 4 nitrogen and oxygen atoms in total. The zero-order chi connectivity index (χ0) is 18.8. The number of carbonyl (C=O) groups excluding carboxylic acids is 1. The smallest absolute Gasteiger partial charge is 0.239 e. The Hall–Kier alpha value is -2.16. The lowest BCUT2D eigenvalue weighted by Gasteiger charge is -2.24. The summed E-state index contributed by atoms with van der Waals surface area (Å²) >= 11 is 1.60. The van der Waals surface area contributed by atoms with Gasteiger partial charge in [0.25, 0.3) is 0 Å². The monoisotopic (exact) mass is 379 g/mol. The van der Waals surface area contributed by atoms with Crippen LogP contribution in [0.4, 0.5) is 5.00 Å². The number of nitrogens with zero attached hydrogens (tertiary/aromatic N) is 2. The van der Waals surface area contributed by atoms with Crippen molar-refractivity contribution in [3.05, 3.63) is 51.9 Å². The van der Waals surface area contributed by atoms with Crippen molar-refractivity contribution in [1.29, 1.82) is 5.26 Å². The molecule has 27 heavy (non-hydrogen) atoms. The molecule has 2 aliphatic rings. The first kappa shape index (κ1) is 18.2. The highest BCUT2D eigenvalue weighted by atomic mass is 32.1. The molecule has 1 aromatic heterocycles. The van der Waals surface area contributed by atoms with Gasteiger partial charge in [-0.05, 0) is 55.7 Å². The van der Waals surface area contributed by atoms with Crippen LogP contribution in [0.15, 0.2) is 30.3 Å². The number of rotatable bonds is 4. The topological polar surface area (TPSA) is 56.1 Å². The number of anilines is 1. The van der Waals surface area contributed by atoms with Crippen molar-refractivity contribution in [3.63, 3.8) is 0 Å². The van der Waals surface area contributed by atoms with Crippen LogP contribution >= 0.6 is 11.3 Å². The molecule has 0 radical (unpaired) electrons. The van der Waals surface area contributed by atoms with Crippen molar-refractivity contribution in [2.45, 2.75) is 45.1 Å². The molecule has 1 N–H and O–H groups in total.